The number of nitrogens with zero attached hydrogens (tertiary/aromatic N) is 2. The van der Waals surface area contributed by atoms with Gasteiger partial charge in [0, 0.05) is 24.2 Å². The Labute approximate surface area is 138 Å². The van der Waals surface area contributed by atoms with Gasteiger partial charge >= 0.3 is 0 Å². The van der Waals surface area contributed by atoms with Crippen molar-refractivity contribution in [2.24, 2.45) is 11.8 Å². The quantitative estimate of drug-likeness (QED) is 0.917. The van der Waals surface area contributed by atoms with Crippen LogP contribution in [0.25, 0.3) is 10.9 Å². The first-order valence-electron chi connectivity index (χ1n) is 9.00. The number of aromatic nitrogens is 1. The molecule has 3 heterocycles. The van der Waals surface area contributed by atoms with Crippen LogP contribution in [-0.4, -0.2) is 34.1 Å². The number of aliphatic hydroxyl groups excluding tert-OH is 1. The fraction of sp³-hybridized carbons (Fsp3) is 0.550. The van der Waals surface area contributed by atoms with E-state index >= 15 is 0 Å². The summed E-state index contributed by atoms with van der Waals surface area (Å²) in [5, 5.41) is 12.3. The van der Waals surface area contributed by atoms with Crippen molar-refractivity contribution in [2.75, 3.05) is 13.1 Å². The largest absolute Gasteiger partial charge is 0.387 e. The zero-order chi connectivity index (χ0) is 15.8. The summed E-state index contributed by atoms with van der Waals surface area (Å²) in [6.07, 6.45) is 6.32. The number of rotatable bonds is 2. The van der Waals surface area contributed by atoms with Crippen LogP contribution in [-0.2, 0) is 0 Å². The van der Waals surface area contributed by atoms with Gasteiger partial charge in [-0.15, -0.1) is 0 Å². The summed E-state index contributed by atoms with van der Waals surface area (Å²) < 4.78 is 0. The van der Waals surface area contributed by atoms with E-state index in [0.29, 0.717) is 0 Å². The van der Waals surface area contributed by atoms with Crippen molar-refractivity contribution in [2.45, 2.75) is 44.8 Å². The Morgan fingerprint density at radius 3 is 2.96 bits per heavy atom. The summed E-state index contributed by atoms with van der Waals surface area (Å²) in [5.41, 5.74) is 2.01. The molecule has 2 saturated heterocycles. The summed E-state index contributed by atoms with van der Waals surface area (Å²) >= 11 is 0. The lowest BCUT2D eigenvalue weighted by atomic mass is 9.85. The van der Waals surface area contributed by atoms with Crippen LogP contribution < -0.4 is 0 Å². The third-order valence-corrected chi connectivity index (χ3v) is 6.06. The fourth-order valence-corrected chi connectivity index (χ4v) is 4.59. The molecule has 3 heteroatoms. The Morgan fingerprint density at radius 1 is 1.17 bits per heavy atom. The van der Waals surface area contributed by atoms with Gasteiger partial charge in [-0.3, -0.25) is 9.88 Å². The van der Waals surface area contributed by atoms with Crippen LogP contribution in [0.15, 0.2) is 36.5 Å². The lowest BCUT2D eigenvalue weighted by Crippen LogP contribution is -2.39. The van der Waals surface area contributed by atoms with Gasteiger partial charge in [-0.05, 0) is 48.9 Å². The van der Waals surface area contributed by atoms with E-state index in [1.807, 2.05) is 30.5 Å². The van der Waals surface area contributed by atoms with E-state index in [1.54, 1.807) is 0 Å². The van der Waals surface area contributed by atoms with Crippen molar-refractivity contribution in [1.82, 2.24) is 9.88 Å². The molecular weight excluding hydrogens is 284 g/mol. The van der Waals surface area contributed by atoms with Gasteiger partial charge in [-0.1, -0.05) is 38.0 Å². The first kappa shape index (κ1) is 15.1. The maximum atomic E-state index is 11.2. The molecule has 3 nitrogen and oxygen atoms in total. The molecule has 4 rings (SSSR count). The Hall–Kier alpha value is -1.45. The van der Waals surface area contributed by atoms with Crippen LogP contribution in [0, 0.1) is 11.8 Å². The standard InChI is InChI=1S/C20H26N2O/c1-14-5-4-8-19(22-12-10-15(14)13-22)20(23)17-9-11-21-18-7-3-2-6-16(17)18/h2-3,6-7,9,11,14-15,19-20,23H,4-5,8,10,12-13H2,1H3/t14-,15?,19-,20-/m0/s1. The molecule has 2 aliphatic rings. The molecule has 2 fully saturated rings. The Kier molecular flexibility index (Phi) is 4.08. The molecule has 0 amide bonds. The highest BCUT2D eigenvalue weighted by Crippen LogP contribution is 2.37. The van der Waals surface area contributed by atoms with Crippen molar-refractivity contribution in [1.29, 1.82) is 0 Å². The van der Waals surface area contributed by atoms with E-state index in [2.05, 4.69) is 22.9 Å². The van der Waals surface area contributed by atoms with Crippen LogP contribution in [0.1, 0.15) is 44.3 Å². The van der Waals surface area contributed by atoms with Crippen LogP contribution >= 0.6 is 0 Å². The molecule has 1 aromatic heterocycles. The van der Waals surface area contributed by atoms with Crippen molar-refractivity contribution < 1.29 is 5.11 Å². The van der Waals surface area contributed by atoms with Gasteiger partial charge in [0.1, 0.15) is 0 Å². The second-order valence-electron chi connectivity index (χ2n) is 7.38. The van der Waals surface area contributed by atoms with Gasteiger partial charge in [0.15, 0.2) is 0 Å². The highest BCUT2D eigenvalue weighted by atomic mass is 16.3. The lowest BCUT2D eigenvalue weighted by Gasteiger charge is -2.35. The second-order valence-corrected chi connectivity index (χ2v) is 7.38. The minimum Gasteiger partial charge on any atom is -0.387 e. The van der Waals surface area contributed by atoms with Gasteiger partial charge in [0.05, 0.1) is 11.6 Å². The molecule has 2 aromatic rings. The van der Waals surface area contributed by atoms with Gasteiger partial charge in [0.2, 0.25) is 0 Å². The molecule has 1 aromatic carbocycles. The predicted octanol–water partition coefficient (Wildman–Crippen LogP) is 3.78. The Bertz CT molecular complexity index is 681. The number of pyridine rings is 1. The molecule has 5 atom stereocenters. The van der Waals surface area contributed by atoms with Gasteiger partial charge < -0.3 is 5.11 Å². The summed E-state index contributed by atoms with van der Waals surface area (Å²) in [6.45, 7) is 4.70. The highest BCUT2D eigenvalue weighted by Gasteiger charge is 2.36. The minimum atomic E-state index is -0.421. The third kappa shape index (κ3) is 2.77. The van der Waals surface area contributed by atoms with E-state index < -0.39 is 6.10 Å². The number of benzene rings is 1. The molecule has 2 aliphatic heterocycles. The fourth-order valence-electron chi connectivity index (χ4n) is 4.59. The lowest BCUT2D eigenvalue weighted by molar-refractivity contribution is 0.0460. The van der Waals surface area contributed by atoms with E-state index in [-0.39, 0.29) is 6.04 Å². The topological polar surface area (TPSA) is 36.4 Å². The number of para-hydroxylation sites is 1. The zero-order valence-corrected chi connectivity index (χ0v) is 13.9. The smallest absolute Gasteiger partial charge is 0.0952 e. The average molecular weight is 310 g/mol. The normalized spacial score (nSPS) is 32.4. The molecule has 0 aliphatic carbocycles. The minimum absolute atomic E-state index is 0.248. The summed E-state index contributed by atoms with van der Waals surface area (Å²) in [5.74, 6) is 1.65. The average Bonchev–Trinajstić information content (AvgIpc) is 3.08. The molecule has 122 valence electrons. The SMILES string of the molecule is C[C@H]1CCC[C@@H]([C@@H](O)c2ccnc3ccccc23)N2CCC1C2. The number of hydrogen-bond acceptors (Lipinski definition) is 3. The molecule has 1 N–H and O–H groups in total. The van der Waals surface area contributed by atoms with Crippen molar-refractivity contribution >= 4 is 10.9 Å². The zero-order valence-electron chi connectivity index (χ0n) is 13.9. The molecule has 2 bridgehead atoms. The van der Waals surface area contributed by atoms with E-state index in [0.717, 1.165) is 47.8 Å². The molecule has 0 saturated carbocycles. The van der Waals surface area contributed by atoms with Gasteiger partial charge in [0.25, 0.3) is 0 Å². The van der Waals surface area contributed by atoms with E-state index in [1.165, 1.54) is 19.3 Å². The molecule has 0 radical (unpaired) electrons. The van der Waals surface area contributed by atoms with Crippen molar-refractivity contribution in [3.05, 3.63) is 42.1 Å². The molecule has 2 unspecified atom stereocenters. The van der Waals surface area contributed by atoms with Crippen LogP contribution in [0.2, 0.25) is 0 Å². The highest BCUT2D eigenvalue weighted by molar-refractivity contribution is 5.82. The summed E-state index contributed by atoms with van der Waals surface area (Å²) in [6, 6.07) is 10.4. The maximum absolute atomic E-state index is 11.2. The van der Waals surface area contributed by atoms with Crippen molar-refractivity contribution in [3.8, 4) is 0 Å². The molecule has 23 heavy (non-hydrogen) atoms. The van der Waals surface area contributed by atoms with E-state index in [9.17, 15) is 5.11 Å². The first-order chi connectivity index (χ1) is 11.2. The number of fused-ring (bicyclic) bond motifs is 3. The van der Waals surface area contributed by atoms with Crippen LogP contribution in [0.4, 0.5) is 0 Å². The number of hydrogen-bond donors (Lipinski definition) is 1. The first-order valence-corrected chi connectivity index (χ1v) is 9.00. The van der Waals surface area contributed by atoms with Gasteiger partial charge in [-0.25, -0.2) is 0 Å². The summed E-state index contributed by atoms with van der Waals surface area (Å²) in [7, 11) is 0. The molecule has 0 spiro atoms. The van der Waals surface area contributed by atoms with Crippen molar-refractivity contribution in [3.63, 3.8) is 0 Å². The Morgan fingerprint density at radius 2 is 2.04 bits per heavy atom. The second kappa shape index (κ2) is 6.21. The number of aliphatic hydroxyl groups is 1. The monoisotopic (exact) mass is 310 g/mol. The van der Waals surface area contributed by atoms with Crippen LogP contribution in [0.5, 0.6) is 0 Å². The maximum Gasteiger partial charge on any atom is 0.0952 e. The predicted molar refractivity (Wildman–Crippen MR) is 93.2 cm³/mol. The van der Waals surface area contributed by atoms with Crippen LogP contribution in [0.3, 0.4) is 0 Å². The van der Waals surface area contributed by atoms with Gasteiger partial charge in [-0.2, -0.15) is 0 Å². The summed E-state index contributed by atoms with van der Waals surface area (Å²) in [4.78, 5) is 6.98. The molecular formula is C20H26N2O. The van der Waals surface area contributed by atoms with E-state index in [4.69, 9.17) is 0 Å². The third-order valence-electron chi connectivity index (χ3n) is 6.06. The Balaban J connectivity index is 1.66.